The summed E-state index contributed by atoms with van der Waals surface area (Å²) in [7, 11) is 0. The van der Waals surface area contributed by atoms with E-state index in [1.807, 2.05) is 0 Å². The van der Waals surface area contributed by atoms with Crippen molar-refractivity contribution in [2.75, 3.05) is 0 Å². The van der Waals surface area contributed by atoms with Gasteiger partial charge in [0.05, 0.1) is 0 Å². The predicted octanol–water partition coefficient (Wildman–Crippen LogP) is 2.76. The summed E-state index contributed by atoms with van der Waals surface area (Å²) in [6.45, 7) is 9.21. The molecular weight excluding hydrogens is 425 g/mol. The average molecular weight is 445 g/mol. The minimum absolute atomic E-state index is 0. The smallest absolute Gasteiger partial charge is 0.665 e. The van der Waals surface area contributed by atoms with Crippen molar-refractivity contribution in [3.63, 3.8) is 0 Å². The molecule has 0 aliphatic heterocycles. The Labute approximate surface area is 129 Å². The molecule has 0 atom stereocenters. The second kappa shape index (κ2) is 23.8. The molecule has 2 nitrogen and oxygen atoms in total. The molecule has 0 unspecified atom stereocenters. The molecule has 1 N–H and O–H groups in total. The molecule has 83 valence electrons. The fourth-order valence-corrected chi connectivity index (χ4v) is 0.962. The van der Waals surface area contributed by atoms with Gasteiger partial charge in [-0.15, -0.1) is 0 Å². The summed E-state index contributed by atoms with van der Waals surface area (Å²) in [5.74, 6) is 1.47. The van der Waals surface area contributed by atoms with Gasteiger partial charge in [0.2, 0.25) is 0 Å². The zero-order chi connectivity index (χ0) is 9.28. The minimum Gasteiger partial charge on any atom is -0.665 e. The normalized spacial score (nSPS) is 7.29. The van der Waals surface area contributed by atoms with Crippen LogP contribution < -0.4 is 0 Å². The van der Waals surface area contributed by atoms with Crippen molar-refractivity contribution in [1.82, 2.24) is 0 Å². The van der Waals surface area contributed by atoms with Crippen molar-refractivity contribution in [2.24, 2.45) is 11.8 Å². The van der Waals surface area contributed by atoms with Crippen molar-refractivity contribution >= 4 is 6.47 Å². The molecule has 0 amide bonds. The first kappa shape index (κ1) is 29.5. The van der Waals surface area contributed by atoms with Crippen molar-refractivity contribution < 1.29 is 63.7 Å². The summed E-state index contributed by atoms with van der Waals surface area (Å²) in [6, 6.07) is 0. The third-order valence-electron chi connectivity index (χ3n) is 1.54. The molecule has 0 fully saturated rings. The molecule has 14 heavy (non-hydrogen) atoms. The fourth-order valence-electron chi connectivity index (χ4n) is 0.962. The Morgan fingerprint density at radius 1 is 1.21 bits per heavy atom. The summed E-state index contributed by atoms with van der Waals surface area (Å²) in [5.41, 5.74) is 0. The first-order valence-electron chi connectivity index (χ1n) is 3.74. The zero-order valence-electron chi connectivity index (χ0n) is 9.65. The SMILES string of the molecule is C[CH-]C([CH-]C)C(C)C.O=[C-]O.[CH3-].[W+2].[Y]. The van der Waals surface area contributed by atoms with E-state index in [-0.39, 0.29) is 61.2 Å². The van der Waals surface area contributed by atoms with Gasteiger partial charge in [-0.1, -0.05) is 26.2 Å². The Morgan fingerprint density at radius 3 is 1.43 bits per heavy atom. The molecule has 4 heteroatoms. The molecule has 0 spiro atoms. The van der Waals surface area contributed by atoms with E-state index in [0.717, 1.165) is 5.92 Å². The first-order valence-corrected chi connectivity index (χ1v) is 3.74. The van der Waals surface area contributed by atoms with Crippen LogP contribution in [0.3, 0.4) is 0 Å². The molecule has 0 aromatic rings. The second-order valence-electron chi connectivity index (χ2n) is 2.58. The summed E-state index contributed by atoms with van der Waals surface area (Å²) in [4.78, 5) is 8.24. The third kappa shape index (κ3) is 23.2. The van der Waals surface area contributed by atoms with E-state index < -0.39 is 0 Å². The third-order valence-corrected chi connectivity index (χ3v) is 1.54. The molecule has 0 aromatic heterocycles. The van der Waals surface area contributed by atoms with Crippen LogP contribution in [0.2, 0.25) is 0 Å². The molecule has 0 saturated carbocycles. The Hall–Kier alpha value is 1.26. The quantitative estimate of drug-likeness (QED) is 0.679. The standard InChI is InChI=1S/C8H16.CHO2.CH3.W.Y/c1-5-8(6-2)7(3)4;2-1-3;;;/h5-8H,1-4H3;(H,2,3);1H3;;/q-2;2*-1;+2;. The van der Waals surface area contributed by atoms with Gasteiger partial charge in [-0.3, -0.25) is 5.92 Å². The van der Waals surface area contributed by atoms with E-state index in [9.17, 15) is 0 Å². The topological polar surface area (TPSA) is 37.3 Å². The van der Waals surface area contributed by atoms with Gasteiger partial charge in [-0.2, -0.15) is 13.8 Å². The van der Waals surface area contributed by atoms with Gasteiger partial charge in [-0.25, -0.2) is 0 Å². The van der Waals surface area contributed by atoms with E-state index in [0.29, 0.717) is 12.4 Å². The van der Waals surface area contributed by atoms with Crippen molar-refractivity contribution in [1.29, 1.82) is 0 Å². The monoisotopic (exact) mass is 445 g/mol. The van der Waals surface area contributed by atoms with Gasteiger partial charge in [-0.05, 0) is 0 Å². The van der Waals surface area contributed by atoms with Crippen LogP contribution in [0, 0.1) is 32.1 Å². The van der Waals surface area contributed by atoms with E-state index in [1.54, 1.807) is 0 Å². The van der Waals surface area contributed by atoms with Gasteiger partial charge in [0.25, 0.3) is 0 Å². The van der Waals surface area contributed by atoms with Gasteiger partial charge >= 0.3 is 21.1 Å². The van der Waals surface area contributed by atoms with Gasteiger partial charge in [0.1, 0.15) is 0 Å². The maximum Gasteiger partial charge on any atom is 2.00 e. The molecule has 0 rings (SSSR count). The van der Waals surface area contributed by atoms with Crippen LogP contribution in [0.15, 0.2) is 0 Å². The summed E-state index contributed by atoms with van der Waals surface area (Å²) in [5, 5.41) is 6.76. The van der Waals surface area contributed by atoms with Gasteiger partial charge in [0, 0.05) is 32.7 Å². The Bertz CT molecular complexity index is 86.2. The van der Waals surface area contributed by atoms with Crippen LogP contribution in [0.25, 0.3) is 0 Å². The molecule has 0 aliphatic rings. The average Bonchev–Trinajstić information content (AvgIpc) is 1.91. The van der Waals surface area contributed by atoms with E-state index in [1.165, 1.54) is 0 Å². The maximum absolute atomic E-state index is 8.24. The molecule has 0 heterocycles. The van der Waals surface area contributed by atoms with Crippen LogP contribution in [0.4, 0.5) is 0 Å². The summed E-state index contributed by atoms with van der Waals surface area (Å²) in [6.07, 6.45) is 4.48. The Kier molecular flexibility index (Phi) is 50.2. The summed E-state index contributed by atoms with van der Waals surface area (Å²) < 4.78 is 0. The largest absolute Gasteiger partial charge is 2.00 e. The Morgan fingerprint density at radius 2 is 1.43 bits per heavy atom. The second-order valence-corrected chi connectivity index (χ2v) is 2.58. The van der Waals surface area contributed by atoms with E-state index in [4.69, 9.17) is 9.90 Å². The first-order chi connectivity index (χ1) is 5.13. The van der Waals surface area contributed by atoms with Crippen LogP contribution in [0.1, 0.15) is 27.7 Å². The number of hydrogen-bond acceptors (Lipinski definition) is 1. The number of hydrogen-bond donors (Lipinski definition) is 1. The van der Waals surface area contributed by atoms with Gasteiger partial charge < -0.3 is 30.2 Å². The molecule has 0 aromatic carbocycles. The summed E-state index contributed by atoms with van der Waals surface area (Å²) >= 11 is 0. The van der Waals surface area contributed by atoms with Gasteiger partial charge in [0.15, 0.2) is 0 Å². The van der Waals surface area contributed by atoms with Crippen LogP contribution in [-0.2, 0) is 58.6 Å². The van der Waals surface area contributed by atoms with Crippen molar-refractivity contribution in [3.05, 3.63) is 20.3 Å². The van der Waals surface area contributed by atoms with Crippen LogP contribution in [0.5, 0.6) is 0 Å². The molecule has 0 saturated heterocycles. The zero-order valence-corrected chi connectivity index (χ0v) is 15.4. The number of aliphatic hydroxyl groups excluding tert-OH is 1. The minimum atomic E-state index is 0. The van der Waals surface area contributed by atoms with Crippen molar-refractivity contribution in [3.8, 4) is 0 Å². The molecule has 0 aliphatic carbocycles. The van der Waals surface area contributed by atoms with Crippen LogP contribution in [-0.4, -0.2) is 11.6 Å². The molecule has 1 radical (unpaired) electrons. The van der Waals surface area contributed by atoms with Crippen molar-refractivity contribution in [2.45, 2.75) is 27.7 Å². The van der Waals surface area contributed by atoms with Crippen LogP contribution >= 0.6 is 0 Å². The van der Waals surface area contributed by atoms with E-state index in [2.05, 4.69) is 40.5 Å². The number of rotatable bonds is 3. The maximum atomic E-state index is 8.24. The Balaban J connectivity index is -0.0000000405. The molecular formula is C10H20O2WY-2. The fraction of sp³-hybridized carbons (Fsp3) is 0.600. The molecule has 0 bridgehead atoms. The predicted molar refractivity (Wildman–Crippen MR) is 53.0 cm³/mol. The van der Waals surface area contributed by atoms with E-state index >= 15 is 0 Å².